The van der Waals surface area contributed by atoms with Gasteiger partial charge in [0.25, 0.3) is 0 Å². The second kappa shape index (κ2) is 8.83. The molecule has 0 fully saturated rings. The standard InChI is InChI=1S/C2H6O2.Cu/c1-3-4-2;/h1-2H3;. The number of hydrogen-bond donors (Lipinski definition) is 0. The van der Waals surface area contributed by atoms with E-state index in [0.29, 0.717) is 0 Å². The Morgan fingerprint density at radius 1 is 1.00 bits per heavy atom. The van der Waals surface area contributed by atoms with Crippen molar-refractivity contribution in [2.75, 3.05) is 14.2 Å². The minimum atomic E-state index is 0. The number of hydrogen-bond acceptors (Lipinski definition) is 2. The van der Waals surface area contributed by atoms with Crippen molar-refractivity contribution >= 4 is 0 Å². The van der Waals surface area contributed by atoms with Crippen molar-refractivity contribution < 1.29 is 26.8 Å². The van der Waals surface area contributed by atoms with Crippen LogP contribution in [0.2, 0.25) is 0 Å². The maximum absolute atomic E-state index is 4.04. The van der Waals surface area contributed by atoms with Gasteiger partial charge in [0.2, 0.25) is 0 Å². The fourth-order valence-electron chi connectivity index (χ4n) is 0. The van der Waals surface area contributed by atoms with Crippen LogP contribution in [-0.2, 0) is 26.8 Å². The first-order chi connectivity index (χ1) is 1.91. The van der Waals surface area contributed by atoms with E-state index in [9.17, 15) is 0 Å². The van der Waals surface area contributed by atoms with Crippen LogP contribution in [0.15, 0.2) is 0 Å². The third-order valence-electron chi connectivity index (χ3n) is 0.167. The fraction of sp³-hybridized carbons (Fsp3) is 1.00. The monoisotopic (exact) mass is 125 g/mol. The van der Waals surface area contributed by atoms with E-state index in [4.69, 9.17) is 0 Å². The van der Waals surface area contributed by atoms with Crippen molar-refractivity contribution in [1.82, 2.24) is 0 Å². The summed E-state index contributed by atoms with van der Waals surface area (Å²) in [5, 5.41) is 0. The molecule has 0 spiro atoms. The second-order valence-corrected chi connectivity index (χ2v) is 0.333. The molecule has 0 bridgehead atoms. The summed E-state index contributed by atoms with van der Waals surface area (Å²) in [4.78, 5) is 8.08. The van der Waals surface area contributed by atoms with E-state index < -0.39 is 0 Å². The molecule has 0 aliphatic rings. The Bertz CT molecular complexity index is 9.61. The molecule has 0 aliphatic carbocycles. The Morgan fingerprint density at radius 2 is 1.20 bits per heavy atom. The molecule has 0 saturated heterocycles. The van der Waals surface area contributed by atoms with E-state index in [1.165, 1.54) is 14.2 Å². The fourth-order valence-corrected chi connectivity index (χ4v) is 0. The SMILES string of the molecule is COOC.[Cu]. The molecule has 0 rings (SSSR count). The van der Waals surface area contributed by atoms with Crippen LogP contribution < -0.4 is 0 Å². The van der Waals surface area contributed by atoms with Gasteiger partial charge in [-0.05, 0) is 0 Å². The minimum absolute atomic E-state index is 0. The van der Waals surface area contributed by atoms with Crippen molar-refractivity contribution in [3.8, 4) is 0 Å². The smallest absolute Gasteiger partial charge is 0.0712 e. The summed E-state index contributed by atoms with van der Waals surface area (Å²) in [7, 11) is 2.92. The summed E-state index contributed by atoms with van der Waals surface area (Å²) in [6, 6.07) is 0. The van der Waals surface area contributed by atoms with Crippen molar-refractivity contribution in [1.29, 1.82) is 0 Å². The molecule has 0 saturated carbocycles. The Balaban J connectivity index is 0. The molecule has 1 radical (unpaired) electrons. The number of rotatable bonds is 1. The Hall–Kier alpha value is 0.439. The quantitative estimate of drug-likeness (QED) is 0.283. The summed E-state index contributed by atoms with van der Waals surface area (Å²) >= 11 is 0. The van der Waals surface area contributed by atoms with E-state index >= 15 is 0 Å². The summed E-state index contributed by atoms with van der Waals surface area (Å²) in [5.41, 5.74) is 0. The van der Waals surface area contributed by atoms with E-state index in [2.05, 4.69) is 9.78 Å². The van der Waals surface area contributed by atoms with Gasteiger partial charge in [-0.1, -0.05) is 0 Å². The summed E-state index contributed by atoms with van der Waals surface area (Å²) in [5.74, 6) is 0. The van der Waals surface area contributed by atoms with Crippen LogP contribution in [0.1, 0.15) is 0 Å². The van der Waals surface area contributed by atoms with Crippen LogP contribution in [0, 0.1) is 0 Å². The molecule has 0 aromatic heterocycles. The van der Waals surface area contributed by atoms with Gasteiger partial charge in [0, 0.05) is 17.1 Å². The maximum Gasteiger partial charge on any atom is 0.0712 e. The second-order valence-electron chi connectivity index (χ2n) is 0.333. The first-order valence-corrected chi connectivity index (χ1v) is 0.983. The van der Waals surface area contributed by atoms with Gasteiger partial charge < -0.3 is 0 Å². The van der Waals surface area contributed by atoms with E-state index in [0.717, 1.165) is 0 Å². The third-order valence-corrected chi connectivity index (χ3v) is 0.167. The molecular weight excluding hydrogens is 120 g/mol. The summed E-state index contributed by atoms with van der Waals surface area (Å²) in [6.45, 7) is 0. The van der Waals surface area contributed by atoms with Gasteiger partial charge in [-0.3, -0.25) is 0 Å². The average Bonchev–Trinajstić information content (AvgIpc) is 1.37. The summed E-state index contributed by atoms with van der Waals surface area (Å²) in [6.07, 6.45) is 0. The maximum atomic E-state index is 4.04. The Labute approximate surface area is 41.9 Å². The van der Waals surface area contributed by atoms with Crippen LogP contribution >= 0.6 is 0 Å². The molecule has 0 aliphatic heterocycles. The van der Waals surface area contributed by atoms with E-state index in [1.54, 1.807) is 0 Å². The molecule has 0 unspecified atom stereocenters. The minimum Gasteiger partial charge on any atom is -0.240 e. The largest absolute Gasteiger partial charge is 0.240 e. The zero-order valence-electron chi connectivity index (χ0n) is 3.12. The van der Waals surface area contributed by atoms with Crippen molar-refractivity contribution in [3.63, 3.8) is 0 Å². The van der Waals surface area contributed by atoms with Gasteiger partial charge in [-0.15, -0.1) is 0 Å². The molecule has 0 aromatic rings. The van der Waals surface area contributed by atoms with Crippen molar-refractivity contribution in [2.45, 2.75) is 0 Å². The van der Waals surface area contributed by atoms with Crippen LogP contribution in [0.4, 0.5) is 0 Å². The molecule has 3 heteroatoms. The molecule has 0 heterocycles. The molecule has 0 amide bonds. The zero-order valence-corrected chi connectivity index (χ0v) is 4.06. The molecule has 0 aromatic carbocycles. The predicted octanol–water partition coefficient (Wildman–Crippen LogP) is 0.192. The molecule has 0 atom stereocenters. The van der Waals surface area contributed by atoms with Gasteiger partial charge in [0.1, 0.15) is 0 Å². The van der Waals surface area contributed by atoms with Gasteiger partial charge in [-0.2, -0.15) is 0 Å². The first-order valence-electron chi connectivity index (χ1n) is 0.983. The first kappa shape index (κ1) is 9.06. The molecule has 5 heavy (non-hydrogen) atoms. The van der Waals surface area contributed by atoms with Crippen LogP contribution in [0.25, 0.3) is 0 Å². The van der Waals surface area contributed by atoms with Gasteiger partial charge in [-0.25, -0.2) is 9.78 Å². The van der Waals surface area contributed by atoms with Gasteiger partial charge in [0.05, 0.1) is 14.2 Å². The van der Waals surface area contributed by atoms with Gasteiger partial charge in [0.15, 0.2) is 0 Å². The molecule has 0 N–H and O–H groups in total. The molecule has 2 nitrogen and oxygen atoms in total. The molecular formula is C2H6CuO2. The van der Waals surface area contributed by atoms with Crippen LogP contribution in [0.3, 0.4) is 0 Å². The predicted molar refractivity (Wildman–Crippen MR) is 14.0 cm³/mol. The summed E-state index contributed by atoms with van der Waals surface area (Å²) < 4.78 is 0. The van der Waals surface area contributed by atoms with E-state index in [-0.39, 0.29) is 17.1 Å². The Kier molecular flexibility index (Phi) is 16.0. The average molecular weight is 126 g/mol. The zero-order chi connectivity index (χ0) is 3.41. The van der Waals surface area contributed by atoms with Crippen LogP contribution in [-0.4, -0.2) is 14.2 Å². The topological polar surface area (TPSA) is 18.5 Å². The third kappa shape index (κ3) is 12.8. The molecule has 37 valence electrons. The van der Waals surface area contributed by atoms with Crippen LogP contribution in [0.5, 0.6) is 0 Å². The van der Waals surface area contributed by atoms with E-state index in [1.807, 2.05) is 0 Å². The normalized spacial score (nSPS) is 6.00. The van der Waals surface area contributed by atoms with Gasteiger partial charge >= 0.3 is 0 Å². The van der Waals surface area contributed by atoms with Crippen molar-refractivity contribution in [2.24, 2.45) is 0 Å². The van der Waals surface area contributed by atoms with Crippen molar-refractivity contribution in [3.05, 3.63) is 0 Å². The Morgan fingerprint density at radius 3 is 1.20 bits per heavy atom.